The smallest absolute Gasteiger partial charge is 0.241 e. The second kappa shape index (κ2) is 9.61. The van der Waals surface area contributed by atoms with Crippen LogP contribution in [0.2, 0.25) is 0 Å². The molecule has 0 amide bonds. The predicted octanol–water partition coefficient (Wildman–Crippen LogP) is 2.89. The summed E-state index contributed by atoms with van der Waals surface area (Å²) in [5.41, 5.74) is 2.18. The van der Waals surface area contributed by atoms with Crippen LogP contribution in [0.4, 0.5) is 11.9 Å². The van der Waals surface area contributed by atoms with E-state index in [0.717, 1.165) is 29.1 Å². The molecule has 0 aliphatic rings. The number of nitrogens with one attached hydrogen (secondary N) is 3. The van der Waals surface area contributed by atoms with Crippen molar-refractivity contribution in [1.82, 2.24) is 19.9 Å². The molecule has 2 aromatic heterocycles. The van der Waals surface area contributed by atoms with Crippen molar-refractivity contribution >= 4 is 32.8 Å². The van der Waals surface area contributed by atoms with Gasteiger partial charge in [0.1, 0.15) is 5.82 Å². The number of aromatic amines is 1. The van der Waals surface area contributed by atoms with Crippen LogP contribution in [0.25, 0.3) is 10.9 Å². The van der Waals surface area contributed by atoms with Gasteiger partial charge in [-0.15, -0.1) is 0 Å². The highest BCUT2D eigenvalue weighted by atomic mass is 32.2. The molecule has 0 aliphatic heterocycles. The summed E-state index contributed by atoms with van der Waals surface area (Å²) in [6.07, 6.45) is 4.17. The third kappa shape index (κ3) is 6.63. The Morgan fingerprint density at radius 3 is 2.52 bits per heavy atom. The van der Waals surface area contributed by atoms with Crippen molar-refractivity contribution in [2.75, 3.05) is 22.9 Å². The molecule has 2 atom stereocenters. The van der Waals surface area contributed by atoms with Gasteiger partial charge < -0.3 is 15.4 Å². The van der Waals surface area contributed by atoms with E-state index in [2.05, 4.69) is 68.9 Å². The van der Waals surface area contributed by atoms with Crippen molar-refractivity contribution < 1.29 is 13.5 Å². The first-order valence-corrected chi connectivity index (χ1v) is 12.2. The quantitative estimate of drug-likeness (QED) is 0.376. The molecule has 0 aliphatic carbocycles. The Labute approximate surface area is 182 Å². The van der Waals surface area contributed by atoms with Crippen molar-refractivity contribution in [1.29, 1.82) is 0 Å². The Hall–Kier alpha value is -2.72. The Morgan fingerprint density at radius 2 is 1.84 bits per heavy atom. The first-order valence-electron chi connectivity index (χ1n) is 10.3. The lowest BCUT2D eigenvalue weighted by Crippen LogP contribution is -2.27. The van der Waals surface area contributed by atoms with Crippen LogP contribution >= 0.6 is 0 Å². The lowest BCUT2D eigenvalue weighted by atomic mass is 9.96. The maximum absolute atomic E-state index is 11.7. The fraction of sp³-hybridized carbons (Fsp3) is 0.476. The summed E-state index contributed by atoms with van der Waals surface area (Å²) in [6, 6.07) is 8.01. The second-order valence-electron chi connectivity index (χ2n) is 8.36. The maximum atomic E-state index is 11.7. The summed E-state index contributed by atoms with van der Waals surface area (Å²) in [7, 11) is -3.55. The summed E-state index contributed by atoms with van der Waals surface area (Å²) in [5.74, 6) is 1.12. The monoisotopic (exact) mass is 446 g/mol. The lowest BCUT2D eigenvalue weighted by molar-refractivity contribution is 0.259. The molecule has 168 valence electrons. The van der Waals surface area contributed by atoms with Gasteiger partial charge in [-0.1, -0.05) is 32.9 Å². The van der Waals surface area contributed by atoms with E-state index < -0.39 is 10.0 Å². The van der Waals surface area contributed by atoms with Crippen LogP contribution in [0.1, 0.15) is 44.5 Å². The molecule has 9 nitrogen and oxygen atoms in total. The standard InChI is InChI=1S/C21H30N6O3S/c1-13(2)9-17(12-28)23-20-24-19(25-21(26-20)27-31(4,29)30)10-14(3)16-6-5-15-7-8-22-18(15)11-16/h5-8,11,13-14,17,22,28H,9-10,12H2,1-4H3,(H2,23,24,25,26,27)/t14?,17-/m1/s1. The number of H-pyrrole nitrogens is 1. The van der Waals surface area contributed by atoms with Gasteiger partial charge >= 0.3 is 0 Å². The zero-order valence-electron chi connectivity index (χ0n) is 18.3. The molecule has 0 saturated carbocycles. The van der Waals surface area contributed by atoms with E-state index in [4.69, 9.17) is 0 Å². The zero-order chi connectivity index (χ0) is 22.6. The topological polar surface area (TPSA) is 133 Å². The average molecular weight is 447 g/mol. The normalized spacial score (nSPS) is 14.0. The molecule has 3 aromatic rings. The number of benzene rings is 1. The predicted molar refractivity (Wildman–Crippen MR) is 123 cm³/mol. The van der Waals surface area contributed by atoms with Gasteiger partial charge in [0.05, 0.1) is 18.9 Å². The molecule has 3 rings (SSSR count). The maximum Gasteiger partial charge on any atom is 0.241 e. The van der Waals surface area contributed by atoms with Gasteiger partial charge in [0.25, 0.3) is 0 Å². The highest BCUT2D eigenvalue weighted by molar-refractivity contribution is 7.91. The molecule has 4 N–H and O–H groups in total. The summed E-state index contributed by atoms with van der Waals surface area (Å²) in [5, 5.41) is 13.9. The number of aliphatic hydroxyl groups is 1. The number of aromatic nitrogens is 4. The van der Waals surface area contributed by atoms with Crippen molar-refractivity contribution in [2.24, 2.45) is 5.92 Å². The third-order valence-corrected chi connectivity index (χ3v) is 5.46. The highest BCUT2D eigenvalue weighted by Crippen LogP contribution is 2.24. The fourth-order valence-corrected chi connectivity index (χ4v) is 3.90. The van der Waals surface area contributed by atoms with Gasteiger partial charge in [-0.25, -0.2) is 8.42 Å². The molecule has 0 bridgehead atoms. The Morgan fingerprint density at radius 1 is 1.10 bits per heavy atom. The Balaban J connectivity index is 1.86. The van der Waals surface area contributed by atoms with Crippen molar-refractivity contribution in [3.8, 4) is 0 Å². The molecule has 0 radical (unpaired) electrons. The van der Waals surface area contributed by atoms with Crippen LogP contribution in [0.5, 0.6) is 0 Å². The molecule has 0 fully saturated rings. The molecule has 0 saturated heterocycles. The van der Waals surface area contributed by atoms with Gasteiger partial charge in [-0.3, -0.25) is 4.72 Å². The van der Waals surface area contributed by atoms with Gasteiger partial charge in [0.2, 0.25) is 21.9 Å². The van der Waals surface area contributed by atoms with Crippen molar-refractivity contribution in [3.05, 3.63) is 41.9 Å². The minimum absolute atomic E-state index is 0.0387. The number of hydrogen-bond donors (Lipinski definition) is 4. The summed E-state index contributed by atoms with van der Waals surface area (Å²) < 4.78 is 25.8. The first-order chi connectivity index (χ1) is 14.6. The zero-order valence-corrected chi connectivity index (χ0v) is 19.1. The van der Waals surface area contributed by atoms with Crippen LogP contribution in [0.3, 0.4) is 0 Å². The van der Waals surface area contributed by atoms with Crippen molar-refractivity contribution in [2.45, 2.75) is 45.6 Å². The molecule has 1 unspecified atom stereocenters. The molecular formula is C21H30N6O3S. The van der Waals surface area contributed by atoms with E-state index in [1.807, 2.05) is 12.3 Å². The number of nitrogens with zero attached hydrogens (tertiary/aromatic N) is 3. The van der Waals surface area contributed by atoms with Crippen molar-refractivity contribution in [3.63, 3.8) is 0 Å². The van der Waals surface area contributed by atoms with E-state index >= 15 is 0 Å². The number of fused-ring (bicyclic) bond motifs is 1. The van der Waals surface area contributed by atoms with E-state index in [1.165, 1.54) is 0 Å². The van der Waals surface area contributed by atoms with Gasteiger partial charge in [-0.2, -0.15) is 15.0 Å². The number of anilines is 2. The molecular weight excluding hydrogens is 416 g/mol. The number of hydrogen-bond acceptors (Lipinski definition) is 7. The molecule has 2 heterocycles. The minimum Gasteiger partial charge on any atom is -0.394 e. The lowest BCUT2D eigenvalue weighted by Gasteiger charge is -2.19. The first kappa shape index (κ1) is 23.0. The van der Waals surface area contributed by atoms with Crippen LogP contribution in [-0.2, 0) is 16.4 Å². The largest absolute Gasteiger partial charge is 0.394 e. The second-order valence-corrected chi connectivity index (χ2v) is 10.1. The summed E-state index contributed by atoms with van der Waals surface area (Å²) in [4.78, 5) is 16.2. The number of rotatable bonds is 10. The van der Waals surface area contributed by atoms with Crippen LogP contribution in [0, 0.1) is 5.92 Å². The molecule has 10 heteroatoms. The summed E-state index contributed by atoms with van der Waals surface area (Å²) >= 11 is 0. The minimum atomic E-state index is -3.55. The fourth-order valence-electron chi connectivity index (χ4n) is 3.48. The number of aliphatic hydroxyl groups excluding tert-OH is 1. The Bertz CT molecular complexity index is 1130. The third-order valence-electron chi connectivity index (χ3n) is 4.90. The number of sulfonamides is 1. The van der Waals surface area contributed by atoms with E-state index in [9.17, 15) is 13.5 Å². The highest BCUT2D eigenvalue weighted by Gasteiger charge is 2.17. The van der Waals surface area contributed by atoms with Crippen LogP contribution in [-0.4, -0.2) is 52.4 Å². The molecule has 1 aromatic carbocycles. The van der Waals surface area contributed by atoms with Gasteiger partial charge in [-0.05, 0) is 41.3 Å². The summed E-state index contributed by atoms with van der Waals surface area (Å²) in [6.45, 7) is 6.10. The average Bonchev–Trinajstić information content (AvgIpc) is 3.13. The molecule has 0 spiro atoms. The van der Waals surface area contributed by atoms with Crippen LogP contribution in [0.15, 0.2) is 30.5 Å². The van der Waals surface area contributed by atoms with Gasteiger partial charge in [0, 0.05) is 18.1 Å². The molecule has 31 heavy (non-hydrogen) atoms. The van der Waals surface area contributed by atoms with E-state index in [1.54, 1.807) is 0 Å². The van der Waals surface area contributed by atoms with E-state index in [-0.39, 0.29) is 30.5 Å². The van der Waals surface area contributed by atoms with Crippen LogP contribution < -0.4 is 10.0 Å². The Kier molecular flexibility index (Phi) is 7.11. The van der Waals surface area contributed by atoms with Gasteiger partial charge in [0.15, 0.2) is 0 Å². The van der Waals surface area contributed by atoms with E-state index in [0.29, 0.717) is 18.2 Å². The SMILES string of the molecule is CC(C)C[C@H](CO)Nc1nc(CC(C)c2ccc3cc[nH]c3c2)nc(NS(C)(=O)=O)n1.